The highest BCUT2D eigenvalue weighted by Crippen LogP contribution is 2.17. The van der Waals surface area contributed by atoms with Gasteiger partial charge in [0.05, 0.1) is 0 Å². The summed E-state index contributed by atoms with van der Waals surface area (Å²) in [5, 5.41) is 0. The van der Waals surface area contributed by atoms with Gasteiger partial charge in [-0.25, -0.2) is 0 Å². The van der Waals surface area contributed by atoms with Crippen LogP contribution in [0.4, 0.5) is 0 Å². The molecule has 1 aromatic carbocycles. The van der Waals surface area contributed by atoms with Gasteiger partial charge in [0.2, 0.25) is 0 Å². The molecule has 0 fully saturated rings. The maximum atomic E-state index is 3.58. The van der Waals surface area contributed by atoms with Crippen molar-refractivity contribution in [2.45, 2.75) is 38.4 Å². The normalized spacial score (nSPS) is 12.9. The van der Waals surface area contributed by atoms with Gasteiger partial charge in [0.25, 0.3) is 0 Å². The fraction of sp³-hybridized carbons (Fsp3) is 0.500. The van der Waals surface area contributed by atoms with Gasteiger partial charge in [0, 0.05) is 4.83 Å². The molecule has 1 unspecified atom stereocenters. The van der Waals surface area contributed by atoms with Crippen molar-refractivity contribution in [2.24, 2.45) is 0 Å². The van der Waals surface area contributed by atoms with Crippen LogP contribution in [0.3, 0.4) is 0 Å². The number of rotatable bonds is 3. The van der Waals surface area contributed by atoms with Crippen LogP contribution in [-0.2, 0) is 6.42 Å². The Morgan fingerprint density at radius 3 is 2.23 bits per heavy atom. The topological polar surface area (TPSA) is 0 Å². The molecule has 1 atom stereocenters. The molecular weight excluding hydrogens is 224 g/mol. The van der Waals surface area contributed by atoms with Gasteiger partial charge in [-0.05, 0) is 43.4 Å². The van der Waals surface area contributed by atoms with Crippen LogP contribution in [0.25, 0.3) is 0 Å². The van der Waals surface area contributed by atoms with Gasteiger partial charge in [0.1, 0.15) is 0 Å². The molecule has 0 spiro atoms. The van der Waals surface area contributed by atoms with Crippen LogP contribution < -0.4 is 0 Å². The van der Waals surface area contributed by atoms with Crippen molar-refractivity contribution in [3.8, 4) is 0 Å². The summed E-state index contributed by atoms with van der Waals surface area (Å²) in [5.41, 5.74) is 4.37. The number of benzene rings is 1. The highest BCUT2D eigenvalue weighted by molar-refractivity contribution is 9.09. The van der Waals surface area contributed by atoms with Crippen molar-refractivity contribution in [1.29, 1.82) is 0 Å². The predicted molar refractivity (Wildman–Crippen MR) is 62.6 cm³/mol. The highest BCUT2D eigenvalue weighted by atomic mass is 79.9. The Morgan fingerprint density at radius 1 is 1.23 bits per heavy atom. The van der Waals surface area contributed by atoms with Crippen LogP contribution in [0.2, 0.25) is 0 Å². The molecular formula is C12H17Br. The molecule has 1 aromatic rings. The van der Waals surface area contributed by atoms with Crippen LogP contribution in [0, 0.1) is 13.8 Å². The van der Waals surface area contributed by atoms with Gasteiger partial charge in [0.15, 0.2) is 0 Å². The Hall–Kier alpha value is -0.300. The molecule has 0 saturated carbocycles. The van der Waals surface area contributed by atoms with E-state index in [1.54, 1.807) is 0 Å². The molecule has 0 N–H and O–H groups in total. The third kappa shape index (κ3) is 3.15. The van der Waals surface area contributed by atoms with Crippen LogP contribution in [0.5, 0.6) is 0 Å². The Labute approximate surface area is 89.5 Å². The third-order valence-electron chi connectivity index (χ3n) is 2.44. The first-order chi connectivity index (χ1) is 6.11. The summed E-state index contributed by atoms with van der Waals surface area (Å²) < 4.78 is 0. The first kappa shape index (κ1) is 10.8. The summed E-state index contributed by atoms with van der Waals surface area (Å²) in [5.74, 6) is 0. The van der Waals surface area contributed by atoms with E-state index in [-0.39, 0.29) is 0 Å². The van der Waals surface area contributed by atoms with Gasteiger partial charge in [-0.2, -0.15) is 0 Å². The predicted octanol–water partition coefficient (Wildman–Crippen LogP) is 4.02. The molecule has 0 aliphatic heterocycles. The SMILES string of the molecule is Cc1cccc(C)c1CCC(C)Br. The van der Waals surface area contributed by atoms with Crippen molar-refractivity contribution >= 4 is 15.9 Å². The van der Waals surface area contributed by atoms with Crippen LogP contribution in [0.15, 0.2) is 18.2 Å². The smallest absolute Gasteiger partial charge is 0.0120 e. The Bertz CT molecular complexity index is 256. The Balaban J connectivity index is 2.75. The average molecular weight is 241 g/mol. The summed E-state index contributed by atoms with van der Waals surface area (Å²) in [4.78, 5) is 0.617. The van der Waals surface area contributed by atoms with Crippen LogP contribution >= 0.6 is 15.9 Å². The monoisotopic (exact) mass is 240 g/mol. The zero-order valence-electron chi connectivity index (χ0n) is 8.60. The molecule has 0 nitrogen and oxygen atoms in total. The zero-order chi connectivity index (χ0) is 9.84. The minimum atomic E-state index is 0.617. The molecule has 0 aliphatic carbocycles. The third-order valence-corrected chi connectivity index (χ3v) is 2.89. The van der Waals surface area contributed by atoms with Crippen molar-refractivity contribution in [3.63, 3.8) is 0 Å². The summed E-state index contributed by atoms with van der Waals surface area (Å²) in [7, 11) is 0. The summed E-state index contributed by atoms with van der Waals surface area (Å²) >= 11 is 3.58. The zero-order valence-corrected chi connectivity index (χ0v) is 10.2. The molecule has 0 radical (unpaired) electrons. The highest BCUT2D eigenvalue weighted by Gasteiger charge is 2.03. The lowest BCUT2D eigenvalue weighted by atomic mass is 9.98. The van der Waals surface area contributed by atoms with E-state index in [0.717, 1.165) is 0 Å². The van der Waals surface area contributed by atoms with Gasteiger partial charge < -0.3 is 0 Å². The first-order valence-corrected chi connectivity index (χ1v) is 5.72. The maximum absolute atomic E-state index is 3.58. The summed E-state index contributed by atoms with van der Waals surface area (Å²) in [6, 6.07) is 6.52. The van der Waals surface area contributed by atoms with Gasteiger partial charge in [-0.3, -0.25) is 0 Å². The number of hydrogen-bond acceptors (Lipinski definition) is 0. The fourth-order valence-corrected chi connectivity index (χ4v) is 1.82. The molecule has 1 rings (SSSR count). The van der Waals surface area contributed by atoms with Crippen molar-refractivity contribution < 1.29 is 0 Å². The summed E-state index contributed by atoms with van der Waals surface area (Å²) in [6.45, 7) is 6.59. The van der Waals surface area contributed by atoms with Crippen LogP contribution in [0.1, 0.15) is 30.0 Å². The molecule has 0 aliphatic rings. The molecule has 72 valence electrons. The molecule has 0 heterocycles. The van der Waals surface area contributed by atoms with Gasteiger partial charge in [-0.15, -0.1) is 0 Å². The van der Waals surface area contributed by atoms with E-state index in [4.69, 9.17) is 0 Å². The molecule has 0 bridgehead atoms. The second kappa shape index (κ2) is 4.80. The van der Waals surface area contributed by atoms with E-state index in [9.17, 15) is 0 Å². The lowest BCUT2D eigenvalue weighted by Crippen LogP contribution is -1.98. The number of hydrogen-bond donors (Lipinski definition) is 0. The van der Waals surface area contributed by atoms with Crippen molar-refractivity contribution in [3.05, 3.63) is 34.9 Å². The van der Waals surface area contributed by atoms with Crippen molar-refractivity contribution in [2.75, 3.05) is 0 Å². The Kier molecular flexibility index (Phi) is 3.98. The standard InChI is InChI=1S/C12H17Br/c1-9-5-4-6-10(2)12(9)8-7-11(3)13/h4-6,11H,7-8H2,1-3H3. The molecule has 13 heavy (non-hydrogen) atoms. The first-order valence-electron chi connectivity index (χ1n) is 4.80. The average Bonchev–Trinajstić information content (AvgIpc) is 2.03. The summed E-state index contributed by atoms with van der Waals surface area (Å²) in [6.07, 6.45) is 2.40. The fourth-order valence-electron chi connectivity index (χ4n) is 1.59. The van der Waals surface area contributed by atoms with E-state index in [2.05, 4.69) is 54.9 Å². The maximum Gasteiger partial charge on any atom is 0.0120 e. The van der Waals surface area contributed by atoms with Crippen LogP contribution in [-0.4, -0.2) is 4.83 Å². The molecule has 0 saturated heterocycles. The largest absolute Gasteiger partial charge is 0.0894 e. The minimum Gasteiger partial charge on any atom is -0.0894 e. The molecule has 1 heteroatoms. The van der Waals surface area contributed by atoms with Crippen molar-refractivity contribution in [1.82, 2.24) is 0 Å². The van der Waals surface area contributed by atoms with E-state index < -0.39 is 0 Å². The van der Waals surface area contributed by atoms with Gasteiger partial charge in [-0.1, -0.05) is 41.1 Å². The second-order valence-corrected chi connectivity index (χ2v) is 5.25. The lowest BCUT2D eigenvalue weighted by molar-refractivity contribution is 0.813. The quantitative estimate of drug-likeness (QED) is 0.701. The molecule has 0 aromatic heterocycles. The van der Waals surface area contributed by atoms with E-state index in [1.165, 1.54) is 29.5 Å². The second-order valence-electron chi connectivity index (χ2n) is 3.69. The number of halogens is 1. The Morgan fingerprint density at radius 2 is 1.77 bits per heavy atom. The molecule has 0 amide bonds. The van der Waals surface area contributed by atoms with E-state index in [0.29, 0.717) is 4.83 Å². The lowest BCUT2D eigenvalue weighted by Gasteiger charge is -2.10. The number of aryl methyl sites for hydroxylation is 2. The number of alkyl halides is 1. The van der Waals surface area contributed by atoms with Gasteiger partial charge >= 0.3 is 0 Å². The van der Waals surface area contributed by atoms with E-state index >= 15 is 0 Å². The van der Waals surface area contributed by atoms with E-state index in [1.807, 2.05) is 0 Å². The minimum absolute atomic E-state index is 0.617.